The molecule has 8 heteroatoms. The second-order valence-electron chi connectivity index (χ2n) is 6.86. The summed E-state index contributed by atoms with van der Waals surface area (Å²) < 4.78 is 38.3. The number of urea groups is 1. The summed E-state index contributed by atoms with van der Waals surface area (Å²) in [4.78, 5) is 25.6. The van der Waals surface area contributed by atoms with Crippen LogP contribution in [0.25, 0.3) is 0 Å². The van der Waals surface area contributed by atoms with Gasteiger partial charge < -0.3 is 15.5 Å². The van der Waals surface area contributed by atoms with E-state index >= 15 is 0 Å². The van der Waals surface area contributed by atoms with E-state index in [1.165, 1.54) is 12.1 Å². The number of likely N-dealkylation sites (tertiary alicyclic amines) is 1. The number of nitrogens with zero attached hydrogens (tertiary/aromatic N) is 1. The molecule has 1 atom stereocenters. The summed E-state index contributed by atoms with van der Waals surface area (Å²) in [6, 6.07) is 4.15. The second kappa shape index (κ2) is 8.42. The van der Waals surface area contributed by atoms with Gasteiger partial charge in [0.1, 0.15) is 0 Å². The Hall–Kier alpha value is -2.25. The van der Waals surface area contributed by atoms with Crippen LogP contribution in [0.1, 0.15) is 32.3 Å². The minimum absolute atomic E-state index is 0.0319. The van der Waals surface area contributed by atoms with Crippen LogP contribution in [0, 0.1) is 11.8 Å². The molecule has 3 amide bonds. The fourth-order valence-corrected chi connectivity index (χ4v) is 2.84. The van der Waals surface area contributed by atoms with Gasteiger partial charge in [-0.25, -0.2) is 4.79 Å². The standard InChI is InChI=1S/C18H24F3N3O2/c1-12(2)16(25)22-10-13-5-4-8-24(11-13)17(26)23-15-7-3-6-14(9-15)18(19,20)21/h3,6-7,9,12-13H,4-5,8,10-11H2,1-2H3,(H,22,25)(H,23,26)/t13-/m0/s1. The molecule has 1 aromatic rings. The largest absolute Gasteiger partial charge is 0.416 e. The number of benzene rings is 1. The van der Waals surface area contributed by atoms with Crippen LogP contribution in [0.15, 0.2) is 24.3 Å². The van der Waals surface area contributed by atoms with E-state index < -0.39 is 17.8 Å². The topological polar surface area (TPSA) is 61.4 Å². The number of piperidine rings is 1. The Morgan fingerprint density at radius 3 is 2.69 bits per heavy atom. The third-order valence-corrected chi connectivity index (χ3v) is 4.34. The quantitative estimate of drug-likeness (QED) is 0.847. The number of rotatable bonds is 4. The first-order valence-electron chi connectivity index (χ1n) is 8.67. The first-order valence-corrected chi connectivity index (χ1v) is 8.67. The van der Waals surface area contributed by atoms with E-state index in [-0.39, 0.29) is 23.4 Å². The molecule has 1 aliphatic rings. The molecule has 1 fully saturated rings. The first-order chi connectivity index (χ1) is 12.2. The molecule has 0 unspecified atom stereocenters. The SMILES string of the molecule is CC(C)C(=O)NC[C@@H]1CCCN(C(=O)Nc2cccc(C(F)(F)F)c2)C1. The minimum Gasteiger partial charge on any atom is -0.356 e. The number of anilines is 1. The average Bonchev–Trinajstić information content (AvgIpc) is 2.59. The Kier molecular flexibility index (Phi) is 6.50. The van der Waals surface area contributed by atoms with Crippen LogP contribution in [-0.2, 0) is 11.0 Å². The van der Waals surface area contributed by atoms with Crippen molar-refractivity contribution in [1.82, 2.24) is 10.2 Å². The van der Waals surface area contributed by atoms with Crippen molar-refractivity contribution in [3.8, 4) is 0 Å². The predicted molar refractivity (Wildman–Crippen MR) is 92.6 cm³/mol. The van der Waals surface area contributed by atoms with E-state index in [9.17, 15) is 22.8 Å². The van der Waals surface area contributed by atoms with Crippen molar-refractivity contribution in [3.63, 3.8) is 0 Å². The minimum atomic E-state index is -4.45. The molecule has 0 saturated carbocycles. The van der Waals surface area contributed by atoms with E-state index in [0.717, 1.165) is 25.0 Å². The number of nitrogens with one attached hydrogen (secondary N) is 2. The lowest BCUT2D eigenvalue weighted by Crippen LogP contribution is -2.45. The highest BCUT2D eigenvalue weighted by Gasteiger charge is 2.31. The lowest BCUT2D eigenvalue weighted by Gasteiger charge is -2.33. The van der Waals surface area contributed by atoms with Crippen LogP contribution in [0.4, 0.5) is 23.7 Å². The second-order valence-corrected chi connectivity index (χ2v) is 6.86. The van der Waals surface area contributed by atoms with Gasteiger partial charge in [-0.2, -0.15) is 13.2 Å². The number of amides is 3. The fourth-order valence-electron chi connectivity index (χ4n) is 2.84. The predicted octanol–water partition coefficient (Wildman–Crippen LogP) is 3.72. The van der Waals surface area contributed by atoms with Crippen molar-refractivity contribution in [3.05, 3.63) is 29.8 Å². The molecule has 0 radical (unpaired) electrons. The van der Waals surface area contributed by atoms with E-state index in [2.05, 4.69) is 10.6 Å². The normalized spacial score (nSPS) is 17.9. The molecule has 0 aliphatic carbocycles. The smallest absolute Gasteiger partial charge is 0.356 e. The number of hydrogen-bond donors (Lipinski definition) is 2. The average molecular weight is 371 g/mol. The molecule has 0 spiro atoms. The molecule has 1 heterocycles. The maximum absolute atomic E-state index is 12.8. The number of alkyl halides is 3. The monoisotopic (exact) mass is 371 g/mol. The Bertz CT molecular complexity index is 647. The first kappa shape index (κ1) is 20.1. The van der Waals surface area contributed by atoms with Gasteiger partial charge in [0.25, 0.3) is 0 Å². The van der Waals surface area contributed by atoms with Crippen molar-refractivity contribution in [2.24, 2.45) is 11.8 Å². The van der Waals surface area contributed by atoms with Crippen LogP contribution < -0.4 is 10.6 Å². The van der Waals surface area contributed by atoms with Crippen molar-refractivity contribution < 1.29 is 22.8 Å². The molecule has 0 aromatic heterocycles. The van der Waals surface area contributed by atoms with Crippen LogP contribution >= 0.6 is 0 Å². The number of hydrogen-bond acceptors (Lipinski definition) is 2. The highest BCUT2D eigenvalue weighted by Crippen LogP contribution is 2.30. The summed E-state index contributed by atoms with van der Waals surface area (Å²) in [5, 5.41) is 5.39. The number of carbonyl (C=O) groups is 2. The van der Waals surface area contributed by atoms with Crippen LogP contribution in [-0.4, -0.2) is 36.5 Å². The van der Waals surface area contributed by atoms with E-state index in [0.29, 0.717) is 19.6 Å². The van der Waals surface area contributed by atoms with Gasteiger partial charge in [0.2, 0.25) is 5.91 Å². The Labute approximate surface area is 150 Å². The highest BCUT2D eigenvalue weighted by atomic mass is 19.4. The number of carbonyl (C=O) groups excluding carboxylic acids is 2. The Morgan fingerprint density at radius 2 is 2.04 bits per heavy atom. The van der Waals surface area contributed by atoms with Gasteiger partial charge in [-0.15, -0.1) is 0 Å². The molecular weight excluding hydrogens is 347 g/mol. The van der Waals surface area contributed by atoms with Crippen LogP contribution in [0.5, 0.6) is 0 Å². The van der Waals surface area contributed by atoms with E-state index in [1.54, 1.807) is 4.90 Å². The van der Waals surface area contributed by atoms with Crippen molar-refractivity contribution in [1.29, 1.82) is 0 Å². The number of halogens is 3. The molecule has 1 aliphatic heterocycles. The van der Waals surface area contributed by atoms with Gasteiger partial charge >= 0.3 is 12.2 Å². The van der Waals surface area contributed by atoms with Gasteiger partial charge in [0, 0.05) is 31.2 Å². The van der Waals surface area contributed by atoms with Crippen LogP contribution in [0.3, 0.4) is 0 Å². The third-order valence-electron chi connectivity index (χ3n) is 4.34. The molecule has 2 rings (SSSR count). The molecule has 2 N–H and O–H groups in total. The van der Waals surface area contributed by atoms with Gasteiger partial charge in [-0.05, 0) is 37.0 Å². The van der Waals surface area contributed by atoms with Crippen molar-refractivity contribution in [2.45, 2.75) is 32.9 Å². The molecule has 144 valence electrons. The zero-order chi connectivity index (χ0) is 19.3. The van der Waals surface area contributed by atoms with Gasteiger partial charge in [-0.3, -0.25) is 4.79 Å². The zero-order valence-electron chi connectivity index (χ0n) is 14.9. The Balaban J connectivity index is 1.92. The van der Waals surface area contributed by atoms with E-state index in [4.69, 9.17) is 0 Å². The lowest BCUT2D eigenvalue weighted by molar-refractivity contribution is -0.137. The molecule has 0 bridgehead atoms. The summed E-state index contributed by atoms with van der Waals surface area (Å²) in [6.07, 6.45) is -2.77. The van der Waals surface area contributed by atoms with Crippen LogP contribution in [0.2, 0.25) is 0 Å². The summed E-state index contributed by atoms with van der Waals surface area (Å²) in [5.41, 5.74) is -0.691. The van der Waals surface area contributed by atoms with Gasteiger partial charge in [0.15, 0.2) is 0 Å². The third kappa shape index (κ3) is 5.64. The molecule has 26 heavy (non-hydrogen) atoms. The maximum Gasteiger partial charge on any atom is 0.416 e. The summed E-state index contributed by atoms with van der Waals surface area (Å²) in [7, 11) is 0. The van der Waals surface area contributed by atoms with Crippen molar-refractivity contribution in [2.75, 3.05) is 25.0 Å². The lowest BCUT2D eigenvalue weighted by atomic mass is 9.98. The summed E-state index contributed by atoms with van der Waals surface area (Å²) in [6.45, 7) is 5.11. The Morgan fingerprint density at radius 1 is 1.31 bits per heavy atom. The van der Waals surface area contributed by atoms with Gasteiger partial charge in [0.05, 0.1) is 5.56 Å². The molecule has 5 nitrogen and oxygen atoms in total. The van der Waals surface area contributed by atoms with Gasteiger partial charge in [-0.1, -0.05) is 19.9 Å². The fraction of sp³-hybridized carbons (Fsp3) is 0.556. The van der Waals surface area contributed by atoms with Crippen molar-refractivity contribution >= 4 is 17.6 Å². The maximum atomic E-state index is 12.8. The zero-order valence-corrected chi connectivity index (χ0v) is 14.9. The molecular formula is C18H24F3N3O2. The molecule has 1 aromatic carbocycles. The summed E-state index contributed by atoms with van der Waals surface area (Å²) in [5.74, 6) is 0.00755. The summed E-state index contributed by atoms with van der Waals surface area (Å²) >= 11 is 0. The molecule has 1 saturated heterocycles. The highest BCUT2D eigenvalue weighted by molar-refractivity contribution is 5.89. The van der Waals surface area contributed by atoms with E-state index in [1.807, 2.05) is 13.8 Å².